The molecule has 1 rings (SSSR count). The molecule has 1 aliphatic heterocycles. The van der Waals surface area contributed by atoms with Gasteiger partial charge in [0, 0.05) is 12.6 Å². The molecule has 2 N–H and O–H groups in total. The largest absolute Gasteiger partial charge is 0.481 e. The van der Waals surface area contributed by atoms with E-state index in [9.17, 15) is 22.8 Å². The smallest absolute Gasteiger partial charge is 0.405 e. The zero-order chi connectivity index (χ0) is 13.9. The van der Waals surface area contributed by atoms with Crippen LogP contribution in [0.1, 0.15) is 19.8 Å². The standard InChI is InChI=1S/C10H15F3N2O3/c1-6-4-7(8(16)17)2-3-15(6)9(18)14-5-10(11,12)13/h6-7H,2-5H2,1H3,(H,14,18)(H,16,17). The van der Waals surface area contributed by atoms with E-state index in [-0.39, 0.29) is 25.4 Å². The Hall–Kier alpha value is -1.47. The number of carboxylic acids is 1. The minimum absolute atomic E-state index is 0.155. The number of hydrogen-bond acceptors (Lipinski definition) is 2. The highest BCUT2D eigenvalue weighted by Crippen LogP contribution is 2.23. The van der Waals surface area contributed by atoms with Crippen molar-refractivity contribution in [3.8, 4) is 0 Å². The van der Waals surface area contributed by atoms with Gasteiger partial charge in [0.15, 0.2) is 0 Å². The molecule has 0 saturated carbocycles. The van der Waals surface area contributed by atoms with Crippen molar-refractivity contribution in [2.45, 2.75) is 32.0 Å². The maximum atomic E-state index is 11.9. The number of alkyl halides is 3. The van der Waals surface area contributed by atoms with Crippen LogP contribution in [0.5, 0.6) is 0 Å². The number of urea groups is 1. The average molecular weight is 268 g/mol. The molecule has 2 atom stereocenters. The van der Waals surface area contributed by atoms with E-state index >= 15 is 0 Å². The summed E-state index contributed by atoms with van der Waals surface area (Å²) >= 11 is 0. The Bertz CT molecular complexity index is 333. The molecule has 0 aromatic rings. The first-order valence-corrected chi connectivity index (χ1v) is 5.54. The van der Waals surface area contributed by atoms with Crippen LogP contribution in [0.3, 0.4) is 0 Å². The molecule has 104 valence electrons. The molecule has 0 aliphatic carbocycles. The van der Waals surface area contributed by atoms with Gasteiger partial charge in [0.1, 0.15) is 6.54 Å². The highest BCUT2D eigenvalue weighted by Gasteiger charge is 2.34. The highest BCUT2D eigenvalue weighted by molar-refractivity contribution is 5.75. The number of nitrogens with zero attached hydrogens (tertiary/aromatic N) is 1. The van der Waals surface area contributed by atoms with Crippen molar-refractivity contribution in [2.75, 3.05) is 13.1 Å². The lowest BCUT2D eigenvalue weighted by atomic mass is 9.92. The molecular formula is C10H15F3N2O3. The van der Waals surface area contributed by atoms with Gasteiger partial charge in [-0.05, 0) is 19.8 Å². The topological polar surface area (TPSA) is 69.6 Å². The lowest BCUT2D eigenvalue weighted by Gasteiger charge is -2.36. The van der Waals surface area contributed by atoms with Gasteiger partial charge >= 0.3 is 18.2 Å². The van der Waals surface area contributed by atoms with Crippen LogP contribution in [-0.2, 0) is 4.79 Å². The summed E-state index contributed by atoms with van der Waals surface area (Å²) in [6.07, 6.45) is -3.92. The zero-order valence-electron chi connectivity index (χ0n) is 9.83. The third-order valence-corrected chi connectivity index (χ3v) is 2.93. The second-order valence-electron chi connectivity index (χ2n) is 4.38. The molecule has 1 heterocycles. The van der Waals surface area contributed by atoms with E-state index < -0.39 is 30.6 Å². The predicted molar refractivity (Wildman–Crippen MR) is 56.0 cm³/mol. The van der Waals surface area contributed by atoms with E-state index in [1.165, 1.54) is 4.90 Å². The Kier molecular flexibility index (Phi) is 4.42. The molecule has 0 aromatic carbocycles. The molecule has 18 heavy (non-hydrogen) atoms. The Morgan fingerprint density at radius 1 is 1.44 bits per heavy atom. The van der Waals surface area contributed by atoms with Crippen LogP contribution in [0, 0.1) is 5.92 Å². The third-order valence-electron chi connectivity index (χ3n) is 2.93. The van der Waals surface area contributed by atoms with Gasteiger partial charge in [-0.15, -0.1) is 0 Å². The number of carboxylic acid groups (broad SMARTS) is 1. The second kappa shape index (κ2) is 5.45. The van der Waals surface area contributed by atoms with Crippen LogP contribution < -0.4 is 5.32 Å². The molecule has 2 unspecified atom stereocenters. The highest BCUT2D eigenvalue weighted by atomic mass is 19.4. The van der Waals surface area contributed by atoms with Crippen LogP contribution in [0.4, 0.5) is 18.0 Å². The number of amides is 2. The average Bonchev–Trinajstić information content (AvgIpc) is 2.24. The van der Waals surface area contributed by atoms with E-state index in [1.807, 2.05) is 0 Å². The molecule has 5 nitrogen and oxygen atoms in total. The number of carbonyl (C=O) groups excluding carboxylic acids is 1. The Morgan fingerprint density at radius 2 is 2.06 bits per heavy atom. The summed E-state index contributed by atoms with van der Waals surface area (Å²) in [6, 6.07) is -1.18. The predicted octanol–water partition coefficient (Wildman–Crippen LogP) is 1.44. The van der Waals surface area contributed by atoms with Gasteiger partial charge in [-0.1, -0.05) is 0 Å². The first-order valence-electron chi connectivity index (χ1n) is 5.54. The summed E-state index contributed by atoms with van der Waals surface area (Å²) in [7, 11) is 0. The van der Waals surface area contributed by atoms with Crippen molar-refractivity contribution in [2.24, 2.45) is 5.92 Å². The van der Waals surface area contributed by atoms with Crippen molar-refractivity contribution >= 4 is 12.0 Å². The number of carbonyl (C=O) groups is 2. The maximum Gasteiger partial charge on any atom is 0.405 e. The summed E-state index contributed by atoms with van der Waals surface area (Å²) in [5, 5.41) is 10.6. The van der Waals surface area contributed by atoms with Gasteiger partial charge in [0.25, 0.3) is 0 Å². The van der Waals surface area contributed by atoms with E-state index in [1.54, 1.807) is 12.2 Å². The Labute approximate surface area is 102 Å². The Balaban J connectivity index is 2.48. The van der Waals surface area contributed by atoms with Gasteiger partial charge < -0.3 is 15.3 Å². The van der Waals surface area contributed by atoms with Crippen molar-refractivity contribution < 1.29 is 27.9 Å². The number of hydrogen-bond donors (Lipinski definition) is 2. The molecule has 1 fully saturated rings. The lowest BCUT2D eigenvalue weighted by Crippen LogP contribution is -2.51. The van der Waals surface area contributed by atoms with Crippen molar-refractivity contribution in [3.05, 3.63) is 0 Å². The number of piperidine rings is 1. The van der Waals surface area contributed by atoms with Crippen LogP contribution in [0.25, 0.3) is 0 Å². The molecule has 0 radical (unpaired) electrons. The van der Waals surface area contributed by atoms with Crippen LogP contribution in [0.2, 0.25) is 0 Å². The molecule has 0 bridgehead atoms. The van der Waals surface area contributed by atoms with Crippen LogP contribution in [-0.4, -0.2) is 47.3 Å². The summed E-state index contributed by atoms with van der Waals surface area (Å²) in [5.41, 5.74) is 0. The first kappa shape index (κ1) is 14.6. The number of halogens is 3. The van der Waals surface area contributed by atoms with Crippen molar-refractivity contribution in [1.29, 1.82) is 0 Å². The zero-order valence-corrected chi connectivity index (χ0v) is 9.83. The SMILES string of the molecule is CC1CC(C(=O)O)CCN1C(=O)NCC(F)(F)F. The molecule has 0 spiro atoms. The van der Waals surface area contributed by atoms with Gasteiger partial charge in [-0.25, -0.2) is 4.79 Å². The normalized spacial score (nSPS) is 24.8. The Morgan fingerprint density at radius 3 is 2.50 bits per heavy atom. The number of likely N-dealkylation sites (tertiary alicyclic amines) is 1. The van der Waals surface area contributed by atoms with Crippen molar-refractivity contribution in [1.82, 2.24) is 10.2 Å². The van der Waals surface area contributed by atoms with E-state index in [4.69, 9.17) is 5.11 Å². The van der Waals surface area contributed by atoms with Gasteiger partial charge in [-0.3, -0.25) is 4.79 Å². The quantitative estimate of drug-likeness (QED) is 0.796. The third kappa shape index (κ3) is 4.08. The molecular weight excluding hydrogens is 253 g/mol. The minimum Gasteiger partial charge on any atom is -0.481 e. The number of nitrogens with one attached hydrogen (secondary N) is 1. The van der Waals surface area contributed by atoms with Gasteiger partial charge in [0.05, 0.1) is 5.92 Å². The van der Waals surface area contributed by atoms with Crippen LogP contribution >= 0.6 is 0 Å². The van der Waals surface area contributed by atoms with Gasteiger partial charge in [-0.2, -0.15) is 13.2 Å². The summed E-state index contributed by atoms with van der Waals surface area (Å²) in [4.78, 5) is 23.5. The van der Waals surface area contributed by atoms with E-state index in [0.29, 0.717) is 0 Å². The van der Waals surface area contributed by atoms with Crippen molar-refractivity contribution in [3.63, 3.8) is 0 Å². The summed E-state index contributed by atoms with van der Waals surface area (Å²) in [5.74, 6) is -1.47. The van der Waals surface area contributed by atoms with E-state index in [0.717, 1.165) is 0 Å². The fourth-order valence-electron chi connectivity index (χ4n) is 1.98. The summed E-state index contributed by atoms with van der Waals surface area (Å²) < 4.78 is 35.8. The molecule has 0 aromatic heterocycles. The van der Waals surface area contributed by atoms with Crippen LogP contribution in [0.15, 0.2) is 0 Å². The first-order chi connectivity index (χ1) is 8.20. The molecule has 1 saturated heterocycles. The summed E-state index contributed by atoms with van der Waals surface area (Å²) in [6.45, 7) is 0.404. The van der Waals surface area contributed by atoms with Gasteiger partial charge in [0.2, 0.25) is 0 Å². The molecule has 1 aliphatic rings. The fourth-order valence-corrected chi connectivity index (χ4v) is 1.98. The monoisotopic (exact) mass is 268 g/mol. The number of rotatable bonds is 2. The number of aliphatic carboxylic acids is 1. The molecule has 2 amide bonds. The molecule has 8 heteroatoms. The maximum absolute atomic E-state index is 11.9. The fraction of sp³-hybridized carbons (Fsp3) is 0.800. The second-order valence-corrected chi connectivity index (χ2v) is 4.38. The van der Waals surface area contributed by atoms with E-state index in [2.05, 4.69) is 0 Å². The minimum atomic E-state index is -4.45. The lowest BCUT2D eigenvalue weighted by molar-refractivity contribution is -0.143.